The maximum absolute atomic E-state index is 11.8. The Morgan fingerprint density at radius 2 is 2.00 bits per heavy atom. The van der Waals surface area contributed by atoms with Gasteiger partial charge in [-0.05, 0) is 37.1 Å². The number of carbonyl (C=O) groups excluding carboxylic acids is 2. The summed E-state index contributed by atoms with van der Waals surface area (Å²) in [5.41, 5.74) is 3.08. The van der Waals surface area contributed by atoms with Gasteiger partial charge in [-0.1, -0.05) is 17.8 Å². The second-order valence-corrected chi connectivity index (χ2v) is 5.82. The SMILES string of the molecule is Cc1cc(C)cc(NC(=O)CCN2CCSC2=O)c1. The molecule has 1 aliphatic rings. The van der Waals surface area contributed by atoms with Gasteiger partial charge in [0.2, 0.25) is 5.91 Å². The second-order valence-electron chi connectivity index (χ2n) is 4.78. The monoisotopic (exact) mass is 278 g/mol. The number of benzene rings is 1. The van der Waals surface area contributed by atoms with Crippen LogP contribution in [0.5, 0.6) is 0 Å². The van der Waals surface area contributed by atoms with E-state index >= 15 is 0 Å². The van der Waals surface area contributed by atoms with E-state index < -0.39 is 0 Å². The van der Waals surface area contributed by atoms with Crippen LogP contribution in [0.25, 0.3) is 0 Å². The summed E-state index contributed by atoms with van der Waals surface area (Å²) in [4.78, 5) is 25.0. The summed E-state index contributed by atoms with van der Waals surface area (Å²) >= 11 is 1.32. The van der Waals surface area contributed by atoms with Gasteiger partial charge < -0.3 is 10.2 Å². The van der Waals surface area contributed by atoms with Crippen molar-refractivity contribution in [2.75, 3.05) is 24.2 Å². The summed E-state index contributed by atoms with van der Waals surface area (Å²) in [5.74, 6) is 0.784. The Hall–Kier alpha value is -1.49. The topological polar surface area (TPSA) is 49.4 Å². The molecule has 0 radical (unpaired) electrons. The highest BCUT2D eigenvalue weighted by atomic mass is 32.2. The van der Waals surface area contributed by atoms with Crippen molar-refractivity contribution >= 4 is 28.6 Å². The third-order valence-electron chi connectivity index (χ3n) is 2.96. The van der Waals surface area contributed by atoms with Gasteiger partial charge in [0.15, 0.2) is 0 Å². The number of anilines is 1. The Morgan fingerprint density at radius 1 is 1.32 bits per heavy atom. The lowest BCUT2D eigenvalue weighted by Crippen LogP contribution is -2.27. The number of hydrogen-bond acceptors (Lipinski definition) is 3. The lowest BCUT2D eigenvalue weighted by molar-refractivity contribution is -0.116. The Bertz CT molecular complexity index is 482. The van der Waals surface area contributed by atoms with E-state index in [-0.39, 0.29) is 11.1 Å². The molecule has 1 heterocycles. The quantitative estimate of drug-likeness (QED) is 0.921. The molecule has 1 saturated heterocycles. The van der Waals surface area contributed by atoms with E-state index in [1.165, 1.54) is 11.8 Å². The fraction of sp³-hybridized carbons (Fsp3) is 0.429. The summed E-state index contributed by atoms with van der Waals surface area (Å²) in [6.07, 6.45) is 0.347. The maximum Gasteiger partial charge on any atom is 0.281 e. The van der Waals surface area contributed by atoms with Gasteiger partial charge in [-0.25, -0.2) is 0 Å². The Balaban J connectivity index is 1.85. The molecule has 0 bridgehead atoms. The molecule has 0 spiro atoms. The predicted octanol–water partition coefficient (Wildman–Crippen LogP) is 2.80. The third kappa shape index (κ3) is 3.99. The average molecular weight is 278 g/mol. The molecule has 0 saturated carbocycles. The number of aryl methyl sites for hydroxylation is 2. The predicted molar refractivity (Wildman–Crippen MR) is 78.6 cm³/mol. The van der Waals surface area contributed by atoms with E-state index in [4.69, 9.17) is 0 Å². The molecule has 5 heteroatoms. The number of carbonyl (C=O) groups is 2. The number of thioether (sulfide) groups is 1. The lowest BCUT2D eigenvalue weighted by Gasteiger charge is -2.14. The van der Waals surface area contributed by atoms with Crippen molar-refractivity contribution in [3.05, 3.63) is 29.3 Å². The molecule has 0 atom stereocenters. The minimum Gasteiger partial charge on any atom is -0.332 e. The van der Waals surface area contributed by atoms with Gasteiger partial charge in [0.1, 0.15) is 0 Å². The standard InChI is InChI=1S/C14H18N2O2S/c1-10-7-11(2)9-12(8-10)15-13(17)3-4-16-5-6-19-14(16)18/h7-9H,3-6H2,1-2H3,(H,15,17). The molecule has 4 nitrogen and oxygen atoms in total. The van der Waals surface area contributed by atoms with Gasteiger partial charge in [0.05, 0.1) is 0 Å². The molecule has 19 heavy (non-hydrogen) atoms. The van der Waals surface area contributed by atoms with Gasteiger partial charge in [-0.2, -0.15) is 0 Å². The molecule has 0 aromatic heterocycles. The molecule has 102 valence electrons. The first-order valence-electron chi connectivity index (χ1n) is 6.34. The van der Waals surface area contributed by atoms with E-state index in [9.17, 15) is 9.59 Å². The van der Waals surface area contributed by atoms with E-state index in [0.29, 0.717) is 13.0 Å². The number of rotatable bonds is 4. The van der Waals surface area contributed by atoms with Crippen LogP contribution < -0.4 is 5.32 Å². The van der Waals surface area contributed by atoms with Gasteiger partial charge >= 0.3 is 0 Å². The Labute approximate surface area is 117 Å². The van der Waals surface area contributed by atoms with Crippen LogP contribution >= 0.6 is 11.8 Å². The normalized spacial score (nSPS) is 14.8. The number of nitrogens with one attached hydrogen (secondary N) is 1. The fourth-order valence-corrected chi connectivity index (χ4v) is 2.99. The first-order valence-corrected chi connectivity index (χ1v) is 7.33. The van der Waals surface area contributed by atoms with E-state index in [1.807, 2.05) is 26.0 Å². The van der Waals surface area contributed by atoms with Crippen molar-refractivity contribution in [3.63, 3.8) is 0 Å². The highest BCUT2D eigenvalue weighted by molar-refractivity contribution is 8.13. The molecule has 2 rings (SSSR count). The zero-order valence-corrected chi connectivity index (χ0v) is 12.0. The first kappa shape index (κ1) is 13.9. The molecule has 0 unspecified atom stereocenters. The van der Waals surface area contributed by atoms with Crippen LogP contribution in [-0.2, 0) is 4.79 Å². The van der Waals surface area contributed by atoms with Gasteiger partial charge in [0.25, 0.3) is 5.24 Å². The van der Waals surface area contributed by atoms with E-state index in [0.717, 1.165) is 29.1 Å². The molecule has 1 fully saturated rings. The van der Waals surface area contributed by atoms with E-state index in [2.05, 4.69) is 11.4 Å². The van der Waals surface area contributed by atoms with E-state index in [1.54, 1.807) is 4.90 Å². The van der Waals surface area contributed by atoms with Gasteiger partial charge in [-0.15, -0.1) is 0 Å². The molecule has 2 amide bonds. The zero-order valence-electron chi connectivity index (χ0n) is 11.2. The smallest absolute Gasteiger partial charge is 0.281 e. The minimum atomic E-state index is -0.0466. The molecular formula is C14H18N2O2S. The average Bonchev–Trinajstić information content (AvgIpc) is 2.71. The van der Waals surface area contributed by atoms with Crippen LogP contribution in [0.4, 0.5) is 10.5 Å². The van der Waals surface area contributed by atoms with Crippen LogP contribution in [-0.4, -0.2) is 34.9 Å². The van der Waals surface area contributed by atoms with Crippen LogP contribution in [0.3, 0.4) is 0 Å². The van der Waals surface area contributed by atoms with Crippen LogP contribution in [0.2, 0.25) is 0 Å². The minimum absolute atomic E-state index is 0.0466. The number of nitrogens with zero attached hydrogens (tertiary/aromatic N) is 1. The second kappa shape index (κ2) is 6.10. The molecule has 0 aliphatic carbocycles. The Kier molecular flexibility index (Phi) is 4.47. The van der Waals surface area contributed by atoms with Crippen LogP contribution in [0, 0.1) is 13.8 Å². The summed E-state index contributed by atoms with van der Waals surface area (Å²) < 4.78 is 0. The number of amides is 2. The summed E-state index contributed by atoms with van der Waals surface area (Å²) in [6, 6.07) is 5.96. The van der Waals surface area contributed by atoms with Crippen molar-refractivity contribution in [1.29, 1.82) is 0 Å². The largest absolute Gasteiger partial charge is 0.332 e. The van der Waals surface area contributed by atoms with Crippen molar-refractivity contribution in [2.45, 2.75) is 20.3 Å². The molecule has 1 aromatic carbocycles. The highest BCUT2D eigenvalue weighted by Gasteiger charge is 2.21. The first-order chi connectivity index (χ1) is 9.04. The zero-order chi connectivity index (χ0) is 13.8. The Morgan fingerprint density at radius 3 is 2.58 bits per heavy atom. The van der Waals surface area contributed by atoms with Gasteiger partial charge in [-0.3, -0.25) is 9.59 Å². The molecule has 1 aliphatic heterocycles. The van der Waals surface area contributed by atoms with Crippen molar-refractivity contribution in [2.24, 2.45) is 0 Å². The van der Waals surface area contributed by atoms with Crippen molar-refractivity contribution in [1.82, 2.24) is 4.90 Å². The molecular weight excluding hydrogens is 260 g/mol. The van der Waals surface area contributed by atoms with Crippen molar-refractivity contribution < 1.29 is 9.59 Å². The van der Waals surface area contributed by atoms with Gasteiger partial charge in [0, 0.05) is 31.0 Å². The third-order valence-corrected chi connectivity index (χ3v) is 3.85. The maximum atomic E-state index is 11.8. The van der Waals surface area contributed by atoms with Crippen molar-refractivity contribution in [3.8, 4) is 0 Å². The number of hydrogen-bond donors (Lipinski definition) is 1. The van der Waals surface area contributed by atoms with Crippen LogP contribution in [0.15, 0.2) is 18.2 Å². The molecule has 1 aromatic rings. The summed E-state index contributed by atoms with van der Waals surface area (Å²) in [6.45, 7) is 5.26. The molecule has 1 N–H and O–H groups in total. The highest BCUT2D eigenvalue weighted by Crippen LogP contribution is 2.18. The summed E-state index contributed by atoms with van der Waals surface area (Å²) in [5, 5.41) is 2.96. The summed E-state index contributed by atoms with van der Waals surface area (Å²) in [7, 11) is 0. The van der Waals surface area contributed by atoms with Crippen LogP contribution in [0.1, 0.15) is 17.5 Å². The lowest BCUT2D eigenvalue weighted by atomic mass is 10.1. The fourth-order valence-electron chi connectivity index (χ4n) is 2.14.